The summed E-state index contributed by atoms with van der Waals surface area (Å²) in [7, 11) is 4.45. The lowest BCUT2D eigenvalue weighted by Crippen LogP contribution is -2.45. The number of carbonyl (C=O) groups excluding carboxylic acids is 2. The van der Waals surface area contributed by atoms with Crippen LogP contribution in [0, 0.1) is 0 Å². The molecular weight excluding hydrogens is 256 g/mol. The summed E-state index contributed by atoms with van der Waals surface area (Å²) in [6.45, 7) is 0.370. The number of hydrogen-bond acceptors (Lipinski definition) is 4. The van der Waals surface area contributed by atoms with Crippen LogP contribution in [0.25, 0.3) is 0 Å². The number of carboxylic acid groups (broad SMARTS) is 1. The molecule has 4 N–H and O–H groups in total. The summed E-state index contributed by atoms with van der Waals surface area (Å²) in [4.78, 5) is 34.4. The monoisotopic (exact) mass is 276 g/mol. The Kier molecular flexibility index (Phi) is 8.02. The molecule has 4 amide bonds. The standard InChI is InChI=1S/C10H20N4O5/c1-14(2)10(18)12-5-4-11-9(17)13-6-7(19-3)8(15)16/h7H,4-6H2,1-3H3,(H,12,18)(H,15,16)(H2,11,13,17). The van der Waals surface area contributed by atoms with Gasteiger partial charge in [0.2, 0.25) is 0 Å². The SMILES string of the molecule is COC(CNC(=O)NCCNC(=O)N(C)C)C(=O)O. The largest absolute Gasteiger partial charge is 0.479 e. The second kappa shape index (κ2) is 8.97. The van der Waals surface area contributed by atoms with E-state index in [0.717, 1.165) is 0 Å². The summed E-state index contributed by atoms with van der Waals surface area (Å²) in [5.74, 6) is -1.15. The summed E-state index contributed by atoms with van der Waals surface area (Å²) in [6, 6.07) is -0.782. The Bertz CT molecular complexity index is 321. The minimum absolute atomic E-state index is 0.137. The summed E-state index contributed by atoms with van der Waals surface area (Å²) in [5.41, 5.74) is 0. The zero-order valence-electron chi connectivity index (χ0n) is 11.2. The molecule has 0 bridgehead atoms. The van der Waals surface area contributed by atoms with Crippen LogP contribution in [-0.2, 0) is 9.53 Å². The van der Waals surface area contributed by atoms with Crippen LogP contribution in [0.15, 0.2) is 0 Å². The van der Waals surface area contributed by atoms with Crippen LogP contribution in [0.2, 0.25) is 0 Å². The molecule has 0 aliphatic heterocycles. The van der Waals surface area contributed by atoms with Crippen LogP contribution in [0.3, 0.4) is 0 Å². The molecule has 0 aliphatic carbocycles. The van der Waals surface area contributed by atoms with Crippen LogP contribution in [0.5, 0.6) is 0 Å². The predicted octanol–water partition coefficient (Wildman–Crippen LogP) is -1.34. The number of amides is 4. The molecule has 0 spiro atoms. The molecule has 0 aromatic carbocycles. The van der Waals surface area contributed by atoms with Gasteiger partial charge in [-0.2, -0.15) is 0 Å². The highest BCUT2D eigenvalue weighted by molar-refractivity contribution is 5.77. The first-order valence-corrected chi connectivity index (χ1v) is 5.61. The van der Waals surface area contributed by atoms with E-state index in [2.05, 4.69) is 20.7 Å². The normalized spacial score (nSPS) is 11.3. The van der Waals surface area contributed by atoms with Crippen molar-refractivity contribution in [3.8, 4) is 0 Å². The fourth-order valence-electron chi connectivity index (χ4n) is 1.02. The summed E-state index contributed by atoms with van der Waals surface area (Å²) in [5, 5.41) is 16.0. The van der Waals surface area contributed by atoms with Gasteiger partial charge >= 0.3 is 18.0 Å². The smallest absolute Gasteiger partial charge is 0.334 e. The third kappa shape index (κ3) is 7.82. The van der Waals surface area contributed by atoms with E-state index in [1.807, 2.05) is 0 Å². The van der Waals surface area contributed by atoms with E-state index < -0.39 is 18.1 Å². The third-order valence-corrected chi connectivity index (χ3v) is 2.10. The van der Waals surface area contributed by atoms with Crippen molar-refractivity contribution in [2.24, 2.45) is 0 Å². The number of methoxy groups -OCH3 is 1. The molecule has 1 unspecified atom stereocenters. The number of ether oxygens (including phenoxy) is 1. The Morgan fingerprint density at radius 3 is 2.21 bits per heavy atom. The van der Waals surface area contributed by atoms with E-state index >= 15 is 0 Å². The Balaban J connectivity index is 3.71. The highest BCUT2D eigenvalue weighted by Crippen LogP contribution is 1.87. The van der Waals surface area contributed by atoms with Gasteiger partial charge in [0.1, 0.15) is 0 Å². The first-order chi connectivity index (χ1) is 8.88. The second-order valence-corrected chi connectivity index (χ2v) is 3.83. The van der Waals surface area contributed by atoms with Crippen molar-refractivity contribution in [2.75, 3.05) is 40.8 Å². The molecule has 0 aliphatic rings. The van der Waals surface area contributed by atoms with Crippen molar-refractivity contribution < 1.29 is 24.2 Å². The lowest BCUT2D eigenvalue weighted by molar-refractivity contribution is -0.147. The Labute approximate surface area is 111 Å². The number of hydrogen-bond donors (Lipinski definition) is 4. The number of rotatable bonds is 7. The molecule has 9 heteroatoms. The van der Waals surface area contributed by atoms with Crippen molar-refractivity contribution in [1.82, 2.24) is 20.9 Å². The summed E-state index contributed by atoms with van der Waals surface area (Å²) < 4.78 is 4.64. The van der Waals surface area contributed by atoms with Gasteiger partial charge in [-0.05, 0) is 0 Å². The molecule has 0 saturated carbocycles. The van der Waals surface area contributed by atoms with Gasteiger partial charge < -0.3 is 30.7 Å². The zero-order valence-corrected chi connectivity index (χ0v) is 11.2. The van der Waals surface area contributed by atoms with Gasteiger partial charge in [0, 0.05) is 34.3 Å². The van der Waals surface area contributed by atoms with Crippen molar-refractivity contribution in [3.05, 3.63) is 0 Å². The van der Waals surface area contributed by atoms with E-state index in [0.29, 0.717) is 0 Å². The van der Waals surface area contributed by atoms with Gasteiger partial charge in [0.25, 0.3) is 0 Å². The molecule has 9 nitrogen and oxygen atoms in total. The molecule has 0 heterocycles. The third-order valence-electron chi connectivity index (χ3n) is 2.10. The predicted molar refractivity (Wildman–Crippen MR) is 66.9 cm³/mol. The maximum atomic E-state index is 11.3. The number of urea groups is 2. The second-order valence-electron chi connectivity index (χ2n) is 3.83. The van der Waals surface area contributed by atoms with Crippen LogP contribution < -0.4 is 16.0 Å². The average Bonchev–Trinajstić information content (AvgIpc) is 2.34. The van der Waals surface area contributed by atoms with Crippen molar-refractivity contribution in [1.29, 1.82) is 0 Å². The highest BCUT2D eigenvalue weighted by atomic mass is 16.5. The minimum Gasteiger partial charge on any atom is -0.479 e. The van der Waals surface area contributed by atoms with Gasteiger partial charge in [0.15, 0.2) is 6.10 Å². The molecule has 0 radical (unpaired) electrons. The average molecular weight is 276 g/mol. The summed E-state index contributed by atoms with van der Waals surface area (Å²) >= 11 is 0. The molecule has 19 heavy (non-hydrogen) atoms. The molecule has 1 atom stereocenters. The number of carbonyl (C=O) groups is 3. The number of nitrogens with one attached hydrogen (secondary N) is 3. The molecule has 0 aromatic rings. The summed E-state index contributed by atoms with van der Waals surface area (Å²) in [6.07, 6.45) is -1.08. The first kappa shape index (κ1) is 17.0. The number of carboxylic acids is 1. The number of nitrogens with zero attached hydrogens (tertiary/aromatic N) is 1. The van der Waals surface area contributed by atoms with Crippen LogP contribution in [0.1, 0.15) is 0 Å². The van der Waals surface area contributed by atoms with Crippen molar-refractivity contribution in [3.63, 3.8) is 0 Å². The molecule has 0 fully saturated rings. The van der Waals surface area contributed by atoms with E-state index in [9.17, 15) is 14.4 Å². The Morgan fingerprint density at radius 1 is 1.16 bits per heavy atom. The fraction of sp³-hybridized carbons (Fsp3) is 0.700. The molecule has 0 rings (SSSR count). The Morgan fingerprint density at radius 2 is 1.74 bits per heavy atom. The van der Waals surface area contributed by atoms with Gasteiger partial charge in [0.05, 0.1) is 6.54 Å². The van der Waals surface area contributed by atoms with E-state index in [-0.39, 0.29) is 25.7 Å². The van der Waals surface area contributed by atoms with Gasteiger partial charge in [-0.1, -0.05) is 0 Å². The van der Waals surface area contributed by atoms with Gasteiger partial charge in [-0.3, -0.25) is 0 Å². The molecule has 0 aromatic heterocycles. The lowest BCUT2D eigenvalue weighted by atomic mass is 10.3. The minimum atomic E-state index is -1.15. The topological polar surface area (TPSA) is 120 Å². The maximum Gasteiger partial charge on any atom is 0.334 e. The Hall–Kier alpha value is -2.03. The van der Waals surface area contributed by atoms with Gasteiger partial charge in [-0.15, -0.1) is 0 Å². The van der Waals surface area contributed by atoms with Crippen LogP contribution in [-0.4, -0.2) is 75.0 Å². The van der Waals surface area contributed by atoms with E-state index in [4.69, 9.17) is 5.11 Å². The lowest BCUT2D eigenvalue weighted by Gasteiger charge is -2.14. The van der Waals surface area contributed by atoms with E-state index in [1.165, 1.54) is 12.0 Å². The van der Waals surface area contributed by atoms with E-state index in [1.54, 1.807) is 14.1 Å². The highest BCUT2D eigenvalue weighted by Gasteiger charge is 2.16. The van der Waals surface area contributed by atoms with Gasteiger partial charge in [-0.25, -0.2) is 14.4 Å². The van der Waals surface area contributed by atoms with Crippen molar-refractivity contribution in [2.45, 2.75) is 6.10 Å². The zero-order chi connectivity index (χ0) is 14.8. The first-order valence-electron chi connectivity index (χ1n) is 5.61. The number of aliphatic carboxylic acids is 1. The fourth-order valence-corrected chi connectivity index (χ4v) is 1.02. The van der Waals surface area contributed by atoms with Crippen molar-refractivity contribution >= 4 is 18.0 Å². The van der Waals surface area contributed by atoms with Crippen LogP contribution >= 0.6 is 0 Å². The maximum absolute atomic E-state index is 11.3. The van der Waals surface area contributed by atoms with Crippen LogP contribution in [0.4, 0.5) is 9.59 Å². The quantitative estimate of drug-likeness (QED) is 0.429. The molecule has 110 valence electrons. The molecular formula is C10H20N4O5. The molecule has 0 saturated heterocycles.